The molecule has 0 spiro atoms. The summed E-state index contributed by atoms with van der Waals surface area (Å²) in [5.41, 5.74) is 5.78. The lowest BCUT2D eigenvalue weighted by atomic mass is 9.99. The normalized spacial score (nSPS) is 19.4. The van der Waals surface area contributed by atoms with Crippen LogP contribution in [0.1, 0.15) is 32.6 Å². The molecule has 1 rings (SSSR count). The smallest absolute Gasteiger partial charge is 0.223 e. The van der Waals surface area contributed by atoms with E-state index in [1.54, 1.807) is 0 Å². The number of rotatable bonds is 5. The van der Waals surface area contributed by atoms with Gasteiger partial charge in [0.05, 0.1) is 0 Å². The molecule has 1 fully saturated rings. The van der Waals surface area contributed by atoms with Gasteiger partial charge in [0.15, 0.2) is 0 Å². The van der Waals surface area contributed by atoms with Crippen molar-refractivity contribution in [3.8, 4) is 0 Å². The van der Waals surface area contributed by atoms with E-state index in [0.29, 0.717) is 12.3 Å². The maximum absolute atomic E-state index is 11.8. The number of nitrogens with zero attached hydrogens (tertiary/aromatic N) is 1. The lowest BCUT2D eigenvalue weighted by Crippen LogP contribution is -2.37. The Bertz CT molecular complexity index is 215. The van der Waals surface area contributed by atoms with Gasteiger partial charge in [-0.15, -0.1) is 0 Å². The summed E-state index contributed by atoms with van der Waals surface area (Å²) in [5, 5.41) is 0. The van der Waals surface area contributed by atoms with Gasteiger partial charge in [0, 0.05) is 39.3 Å². The Morgan fingerprint density at radius 1 is 1.50 bits per heavy atom. The number of hydrogen-bond donors (Lipinski definition) is 1. The van der Waals surface area contributed by atoms with Crippen molar-refractivity contribution in [2.45, 2.75) is 38.6 Å². The Labute approximate surface area is 98.1 Å². The minimum Gasteiger partial charge on any atom is -0.381 e. The predicted octanol–water partition coefficient (Wildman–Crippen LogP) is 0.999. The van der Waals surface area contributed by atoms with Gasteiger partial charge in [0.2, 0.25) is 5.91 Å². The highest BCUT2D eigenvalue weighted by molar-refractivity contribution is 5.76. The van der Waals surface area contributed by atoms with Crippen molar-refractivity contribution in [1.82, 2.24) is 4.90 Å². The van der Waals surface area contributed by atoms with Crippen LogP contribution in [0.4, 0.5) is 0 Å². The van der Waals surface area contributed by atoms with Crippen LogP contribution in [-0.4, -0.2) is 43.7 Å². The summed E-state index contributed by atoms with van der Waals surface area (Å²) in [6.07, 6.45) is 3.46. The molecule has 1 unspecified atom stereocenters. The van der Waals surface area contributed by atoms with Crippen LogP contribution >= 0.6 is 0 Å². The fourth-order valence-electron chi connectivity index (χ4n) is 1.94. The molecule has 0 saturated carbocycles. The molecule has 16 heavy (non-hydrogen) atoms. The summed E-state index contributed by atoms with van der Waals surface area (Å²) >= 11 is 0. The van der Waals surface area contributed by atoms with Crippen LogP contribution in [0.3, 0.4) is 0 Å². The summed E-state index contributed by atoms with van der Waals surface area (Å²) in [4.78, 5) is 13.6. The SMILES string of the molecule is CCC(N)CC(=O)N(C)CC1CCOCC1. The van der Waals surface area contributed by atoms with Gasteiger partial charge < -0.3 is 15.4 Å². The maximum Gasteiger partial charge on any atom is 0.223 e. The molecule has 0 aliphatic carbocycles. The van der Waals surface area contributed by atoms with E-state index in [0.717, 1.165) is 39.0 Å². The molecule has 2 N–H and O–H groups in total. The molecule has 1 heterocycles. The average Bonchev–Trinajstić information content (AvgIpc) is 2.30. The Morgan fingerprint density at radius 3 is 2.69 bits per heavy atom. The minimum absolute atomic E-state index is 0.00430. The number of ether oxygens (including phenoxy) is 1. The fourth-order valence-corrected chi connectivity index (χ4v) is 1.94. The Morgan fingerprint density at radius 2 is 2.12 bits per heavy atom. The molecule has 0 aromatic carbocycles. The standard InChI is InChI=1S/C12H24N2O2/c1-3-11(13)8-12(15)14(2)9-10-4-6-16-7-5-10/h10-11H,3-9,13H2,1-2H3. The first-order chi connectivity index (χ1) is 7.63. The fraction of sp³-hybridized carbons (Fsp3) is 0.917. The van der Waals surface area contributed by atoms with Gasteiger partial charge in [-0.3, -0.25) is 4.79 Å². The molecule has 0 radical (unpaired) electrons. The van der Waals surface area contributed by atoms with Crippen LogP contribution < -0.4 is 5.73 Å². The molecule has 4 nitrogen and oxygen atoms in total. The second-order valence-electron chi connectivity index (χ2n) is 4.70. The maximum atomic E-state index is 11.8. The van der Waals surface area contributed by atoms with Crippen molar-refractivity contribution in [2.75, 3.05) is 26.8 Å². The Kier molecular flexibility index (Phi) is 5.77. The highest BCUT2D eigenvalue weighted by Crippen LogP contribution is 2.16. The molecule has 4 heteroatoms. The lowest BCUT2D eigenvalue weighted by molar-refractivity contribution is -0.131. The van der Waals surface area contributed by atoms with Gasteiger partial charge in [-0.2, -0.15) is 0 Å². The van der Waals surface area contributed by atoms with E-state index in [1.807, 2.05) is 18.9 Å². The zero-order valence-corrected chi connectivity index (χ0v) is 10.4. The molecule has 0 aromatic rings. The van der Waals surface area contributed by atoms with Crippen molar-refractivity contribution in [2.24, 2.45) is 11.7 Å². The molecule has 1 aliphatic rings. The lowest BCUT2D eigenvalue weighted by Gasteiger charge is -2.27. The quantitative estimate of drug-likeness (QED) is 0.763. The van der Waals surface area contributed by atoms with Gasteiger partial charge in [0.25, 0.3) is 0 Å². The van der Waals surface area contributed by atoms with Crippen LogP contribution in [-0.2, 0) is 9.53 Å². The molecule has 1 aliphatic heterocycles. The van der Waals surface area contributed by atoms with Crippen LogP contribution in [0, 0.1) is 5.92 Å². The molecule has 1 saturated heterocycles. The molecular formula is C12H24N2O2. The first-order valence-electron chi connectivity index (χ1n) is 6.20. The average molecular weight is 228 g/mol. The van der Waals surface area contributed by atoms with E-state index < -0.39 is 0 Å². The highest BCUT2D eigenvalue weighted by atomic mass is 16.5. The Balaban J connectivity index is 2.27. The van der Waals surface area contributed by atoms with Gasteiger partial charge >= 0.3 is 0 Å². The first kappa shape index (κ1) is 13.5. The second-order valence-corrected chi connectivity index (χ2v) is 4.70. The molecule has 0 bridgehead atoms. The number of carbonyl (C=O) groups excluding carboxylic acids is 1. The van der Waals surface area contributed by atoms with Gasteiger partial charge in [-0.1, -0.05) is 6.92 Å². The third-order valence-electron chi connectivity index (χ3n) is 3.26. The summed E-state index contributed by atoms with van der Waals surface area (Å²) in [6.45, 7) is 4.53. The first-order valence-corrected chi connectivity index (χ1v) is 6.20. The molecule has 0 aromatic heterocycles. The van der Waals surface area contributed by atoms with Crippen molar-refractivity contribution in [3.05, 3.63) is 0 Å². The number of carbonyl (C=O) groups is 1. The predicted molar refractivity (Wildman–Crippen MR) is 64.1 cm³/mol. The third kappa shape index (κ3) is 4.49. The van der Waals surface area contributed by atoms with Crippen LogP contribution in [0.15, 0.2) is 0 Å². The van der Waals surface area contributed by atoms with Crippen LogP contribution in [0.25, 0.3) is 0 Å². The van der Waals surface area contributed by atoms with Gasteiger partial charge in [-0.25, -0.2) is 0 Å². The van der Waals surface area contributed by atoms with Gasteiger partial charge in [0.1, 0.15) is 0 Å². The van der Waals surface area contributed by atoms with Crippen molar-refractivity contribution in [1.29, 1.82) is 0 Å². The molecule has 1 amide bonds. The van der Waals surface area contributed by atoms with Gasteiger partial charge in [-0.05, 0) is 25.2 Å². The van der Waals surface area contributed by atoms with E-state index in [4.69, 9.17) is 10.5 Å². The summed E-state index contributed by atoms with van der Waals surface area (Å²) < 4.78 is 5.30. The van der Waals surface area contributed by atoms with Crippen molar-refractivity contribution < 1.29 is 9.53 Å². The van der Waals surface area contributed by atoms with E-state index >= 15 is 0 Å². The topological polar surface area (TPSA) is 55.6 Å². The second kappa shape index (κ2) is 6.86. The van der Waals surface area contributed by atoms with Crippen LogP contribution in [0.5, 0.6) is 0 Å². The zero-order chi connectivity index (χ0) is 12.0. The molecular weight excluding hydrogens is 204 g/mol. The summed E-state index contributed by atoms with van der Waals surface area (Å²) in [5.74, 6) is 0.765. The monoisotopic (exact) mass is 228 g/mol. The highest BCUT2D eigenvalue weighted by Gasteiger charge is 2.19. The summed E-state index contributed by atoms with van der Waals surface area (Å²) in [7, 11) is 1.88. The van der Waals surface area contributed by atoms with E-state index in [1.165, 1.54) is 0 Å². The summed E-state index contributed by atoms with van der Waals surface area (Å²) in [6, 6.07) is 0.00430. The molecule has 94 valence electrons. The van der Waals surface area contributed by atoms with E-state index in [2.05, 4.69) is 0 Å². The third-order valence-corrected chi connectivity index (χ3v) is 3.26. The van der Waals surface area contributed by atoms with Crippen molar-refractivity contribution >= 4 is 5.91 Å². The number of hydrogen-bond acceptors (Lipinski definition) is 3. The number of amides is 1. The molecule has 1 atom stereocenters. The zero-order valence-electron chi connectivity index (χ0n) is 10.4. The number of nitrogens with two attached hydrogens (primary N) is 1. The largest absolute Gasteiger partial charge is 0.381 e. The Hall–Kier alpha value is -0.610. The van der Waals surface area contributed by atoms with E-state index in [9.17, 15) is 4.79 Å². The van der Waals surface area contributed by atoms with Crippen molar-refractivity contribution in [3.63, 3.8) is 0 Å². The minimum atomic E-state index is 0.00430. The van der Waals surface area contributed by atoms with Crippen LogP contribution in [0.2, 0.25) is 0 Å². The van der Waals surface area contributed by atoms with E-state index in [-0.39, 0.29) is 11.9 Å².